The van der Waals surface area contributed by atoms with E-state index in [0.29, 0.717) is 0 Å². The van der Waals surface area contributed by atoms with Gasteiger partial charge in [-0.2, -0.15) is 0 Å². The summed E-state index contributed by atoms with van der Waals surface area (Å²) in [4.78, 5) is 27.0. The van der Waals surface area contributed by atoms with E-state index >= 15 is 0 Å². The molecule has 1 spiro atoms. The average Bonchev–Trinajstić information content (AvgIpc) is 3.12. The third-order valence-corrected chi connectivity index (χ3v) is 5.73. The van der Waals surface area contributed by atoms with Crippen molar-refractivity contribution in [2.45, 2.75) is 89.9 Å². The highest BCUT2D eigenvalue weighted by molar-refractivity contribution is 5.88. The van der Waals surface area contributed by atoms with Crippen molar-refractivity contribution in [3.8, 4) is 11.8 Å². The standard InChI is InChI=1S/C26H35NO6/c1-5-30-23(28)15-14-22(31-18-20-12-8-6-9-13-20)21-19-32-26(16-10-7-11-17-26)27(21)24(29)33-25(2,3)4/h6,8-9,12-13,21-22H,5,7,10-11,16-19H2,1-4H3. The Morgan fingerprint density at radius 2 is 1.88 bits per heavy atom. The first-order valence-corrected chi connectivity index (χ1v) is 11.7. The van der Waals surface area contributed by atoms with Gasteiger partial charge >= 0.3 is 12.1 Å². The molecule has 1 aromatic rings. The minimum absolute atomic E-state index is 0.239. The number of ether oxygens (including phenoxy) is 4. The van der Waals surface area contributed by atoms with Crippen LogP contribution in [0.1, 0.15) is 65.4 Å². The van der Waals surface area contributed by atoms with E-state index in [9.17, 15) is 9.59 Å². The molecule has 0 N–H and O–H groups in total. The molecule has 3 rings (SSSR count). The van der Waals surface area contributed by atoms with Crippen LogP contribution >= 0.6 is 0 Å². The van der Waals surface area contributed by atoms with Gasteiger partial charge < -0.3 is 18.9 Å². The Morgan fingerprint density at radius 3 is 2.52 bits per heavy atom. The van der Waals surface area contributed by atoms with E-state index in [4.69, 9.17) is 18.9 Å². The minimum atomic E-state index is -0.747. The second-order valence-corrected chi connectivity index (χ2v) is 9.44. The lowest BCUT2D eigenvalue weighted by atomic mass is 9.90. The summed E-state index contributed by atoms with van der Waals surface area (Å²) in [6.07, 6.45) is 3.32. The minimum Gasteiger partial charge on any atom is -0.456 e. The Labute approximate surface area is 196 Å². The molecule has 2 aliphatic rings. The van der Waals surface area contributed by atoms with Crippen LogP contribution in [0.15, 0.2) is 30.3 Å². The van der Waals surface area contributed by atoms with Gasteiger partial charge in [0.2, 0.25) is 0 Å². The highest BCUT2D eigenvalue weighted by Gasteiger charge is 2.54. The van der Waals surface area contributed by atoms with Gasteiger partial charge in [-0.3, -0.25) is 4.90 Å². The predicted molar refractivity (Wildman–Crippen MR) is 123 cm³/mol. The summed E-state index contributed by atoms with van der Waals surface area (Å²) in [5.74, 6) is 4.81. The number of carbonyl (C=O) groups excluding carboxylic acids is 2. The number of hydrogen-bond donors (Lipinski definition) is 0. The molecule has 7 heteroatoms. The molecule has 2 atom stereocenters. The Hall–Kier alpha value is -2.56. The van der Waals surface area contributed by atoms with Gasteiger partial charge in [-0.15, -0.1) is 0 Å². The number of carbonyl (C=O) groups is 2. The molecule has 180 valence electrons. The van der Waals surface area contributed by atoms with Gasteiger partial charge in [0.1, 0.15) is 17.4 Å². The van der Waals surface area contributed by atoms with E-state index < -0.39 is 35.5 Å². The molecule has 33 heavy (non-hydrogen) atoms. The van der Waals surface area contributed by atoms with Crippen molar-refractivity contribution in [1.82, 2.24) is 4.90 Å². The van der Waals surface area contributed by atoms with Gasteiger partial charge in [0.25, 0.3) is 0 Å². The number of amides is 1. The van der Waals surface area contributed by atoms with Crippen molar-refractivity contribution >= 4 is 12.1 Å². The topological polar surface area (TPSA) is 74.3 Å². The summed E-state index contributed by atoms with van der Waals surface area (Å²) in [6, 6.07) is 9.19. The van der Waals surface area contributed by atoms with Crippen LogP contribution in [0.25, 0.3) is 0 Å². The lowest BCUT2D eigenvalue weighted by molar-refractivity contribution is -0.136. The first kappa shape index (κ1) is 25.1. The largest absolute Gasteiger partial charge is 0.456 e. The van der Waals surface area contributed by atoms with Gasteiger partial charge in [-0.25, -0.2) is 9.59 Å². The fraction of sp³-hybridized carbons (Fsp3) is 0.615. The van der Waals surface area contributed by atoms with Gasteiger partial charge in [0.15, 0.2) is 0 Å². The molecule has 0 bridgehead atoms. The summed E-state index contributed by atoms with van der Waals surface area (Å²) in [5, 5.41) is 0. The molecule has 0 radical (unpaired) electrons. The van der Waals surface area contributed by atoms with E-state index in [1.165, 1.54) is 0 Å². The zero-order chi connectivity index (χ0) is 23.9. The lowest BCUT2D eigenvalue weighted by Gasteiger charge is -2.42. The highest BCUT2D eigenvalue weighted by Crippen LogP contribution is 2.42. The van der Waals surface area contributed by atoms with Crippen LogP contribution in [0.3, 0.4) is 0 Å². The number of benzene rings is 1. The third kappa shape index (κ3) is 6.72. The number of nitrogens with zero attached hydrogens (tertiary/aromatic N) is 1. The van der Waals surface area contributed by atoms with E-state index in [2.05, 4.69) is 11.8 Å². The van der Waals surface area contributed by atoms with E-state index in [0.717, 1.165) is 37.7 Å². The molecule has 1 heterocycles. The van der Waals surface area contributed by atoms with Crippen molar-refractivity contribution in [3.63, 3.8) is 0 Å². The van der Waals surface area contributed by atoms with Crippen LogP contribution in [0.4, 0.5) is 4.79 Å². The van der Waals surface area contributed by atoms with Crippen molar-refractivity contribution in [2.24, 2.45) is 0 Å². The molecular formula is C26H35NO6. The van der Waals surface area contributed by atoms with Crippen molar-refractivity contribution in [3.05, 3.63) is 35.9 Å². The Morgan fingerprint density at radius 1 is 1.18 bits per heavy atom. The second-order valence-electron chi connectivity index (χ2n) is 9.44. The molecular weight excluding hydrogens is 422 g/mol. The molecule has 1 saturated heterocycles. The molecule has 1 aliphatic heterocycles. The zero-order valence-corrected chi connectivity index (χ0v) is 20.1. The van der Waals surface area contributed by atoms with Crippen molar-refractivity contribution in [1.29, 1.82) is 0 Å². The fourth-order valence-corrected chi connectivity index (χ4v) is 4.32. The maximum atomic E-state index is 13.4. The maximum absolute atomic E-state index is 13.4. The van der Waals surface area contributed by atoms with E-state index in [1.807, 2.05) is 51.1 Å². The summed E-state index contributed by atoms with van der Waals surface area (Å²) < 4.78 is 23.2. The Kier molecular flexibility index (Phi) is 8.39. The highest BCUT2D eigenvalue weighted by atomic mass is 16.6. The van der Waals surface area contributed by atoms with Crippen molar-refractivity contribution < 1.29 is 28.5 Å². The van der Waals surface area contributed by atoms with Crippen LogP contribution in [0.2, 0.25) is 0 Å². The quantitative estimate of drug-likeness (QED) is 0.370. The first-order chi connectivity index (χ1) is 15.7. The van der Waals surface area contributed by atoms with Crippen LogP contribution in [0.5, 0.6) is 0 Å². The lowest BCUT2D eigenvalue weighted by Crippen LogP contribution is -2.56. The SMILES string of the molecule is CCOC(=O)C#CC(OCc1ccccc1)C1COC2(CCCCC2)N1C(=O)OC(C)(C)C. The predicted octanol–water partition coefficient (Wildman–Crippen LogP) is 4.43. The Balaban J connectivity index is 1.90. The van der Waals surface area contributed by atoms with Crippen LogP contribution < -0.4 is 0 Å². The summed E-state index contributed by atoms with van der Waals surface area (Å²) >= 11 is 0. The summed E-state index contributed by atoms with van der Waals surface area (Å²) in [5.41, 5.74) is -0.419. The van der Waals surface area contributed by atoms with Crippen molar-refractivity contribution in [2.75, 3.05) is 13.2 Å². The maximum Gasteiger partial charge on any atom is 0.413 e. The fourth-order valence-electron chi connectivity index (χ4n) is 4.32. The zero-order valence-electron chi connectivity index (χ0n) is 20.1. The van der Waals surface area contributed by atoms with Gasteiger partial charge in [0.05, 0.1) is 25.9 Å². The molecule has 1 aromatic carbocycles. The van der Waals surface area contributed by atoms with Gasteiger partial charge in [0, 0.05) is 5.92 Å². The molecule has 2 fully saturated rings. The van der Waals surface area contributed by atoms with Crippen LogP contribution in [-0.2, 0) is 30.3 Å². The monoisotopic (exact) mass is 457 g/mol. The number of esters is 1. The molecule has 2 unspecified atom stereocenters. The average molecular weight is 458 g/mol. The molecule has 1 amide bonds. The smallest absolute Gasteiger partial charge is 0.413 e. The molecule has 0 aromatic heterocycles. The number of rotatable bonds is 5. The molecule has 1 saturated carbocycles. The Bertz CT molecular complexity index is 860. The normalized spacial score (nSPS) is 20.6. The summed E-state index contributed by atoms with van der Waals surface area (Å²) in [7, 11) is 0. The van der Waals surface area contributed by atoms with Gasteiger partial charge in [-0.1, -0.05) is 42.7 Å². The molecule has 7 nitrogen and oxygen atoms in total. The van der Waals surface area contributed by atoms with E-state index in [1.54, 1.807) is 11.8 Å². The first-order valence-electron chi connectivity index (χ1n) is 11.7. The second kappa shape index (κ2) is 11.0. The van der Waals surface area contributed by atoms with Gasteiger partial charge in [-0.05, 0) is 58.9 Å². The number of hydrogen-bond acceptors (Lipinski definition) is 6. The third-order valence-electron chi connectivity index (χ3n) is 5.73. The van der Waals surface area contributed by atoms with E-state index in [-0.39, 0.29) is 19.8 Å². The summed E-state index contributed by atoms with van der Waals surface area (Å²) in [6.45, 7) is 8.04. The van der Waals surface area contributed by atoms with Crippen LogP contribution in [0, 0.1) is 11.8 Å². The van der Waals surface area contributed by atoms with Crippen LogP contribution in [-0.4, -0.2) is 53.6 Å². The molecule has 1 aliphatic carbocycles.